The number of allylic oxidation sites excluding steroid dienone is 1. The summed E-state index contributed by atoms with van der Waals surface area (Å²) in [6.07, 6.45) is 0. The lowest BCUT2D eigenvalue weighted by Gasteiger charge is -2.52. The monoisotopic (exact) mass is 226 g/mol. The Hall–Kier alpha value is 0.155. The highest BCUT2D eigenvalue weighted by molar-refractivity contribution is 7.83. The third kappa shape index (κ3) is 2.64. The van der Waals surface area contributed by atoms with Crippen molar-refractivity contribution in [2.75, 3.05) is 0 Å². The van der Waals surface area contributed by atoms with Gasteiger partial charge in [0, 0.05) is 0 Å². The molecule has 0 saturated heterocycles. The molecule has 0 aromatic rings. The summed E-state index contributed by atoms with van der Waals surface area (Å²) in [4.78, 5) is 0. The molecule has 0 radical (unpaired) electrons. The minimum atomic E-state index is -0.0681. The fourth-order valence-electron chi connectivity index (χ4n) is 1.97. The van der Waals surface area contributed by atoms with Crippen molar-refractivity contribution < 1.29 is 0 Å². The van der Waals surface area contributed by atoms with Crippen molar-refractivity contribution in [3.63, 3.8) is 0 Å². The van der Waals surface area contributed by atoms with Crippen LogP contribution in [0.4, 0.5) is 0 Å². The zero-order chi connectivity index (χ0) is 12.7. The fraction of sp³-hybridized carbons (Fsp3) is 0.846. The third-order valence-corrected chi connectivity index (χ3v) is 5.41. The molecule has 0 nitrogen and oxygen atoms in total. The van der Waals surface area contributed by atoms with Gasteiger partial charge in [-0.2, -0.15) is 12.6 Å². The highest BCUT2D eigenvalue weighted by Crippen LogP contribution is 2.51. The quantitative estimate of drug-likeness (QED) is 0.425. The molecule has 1 unspecified atom stereocenters. The largest absolute Gasteiger partial charge is 0.180 e. The van der Waals surface area contributed by atoms with Gasteiger partial charge in [0.2, 0.25) is 0 Å². The Morgan fingerprint density at radius 2 is 1.47 bits per heavy atom. The number of thiol groups is 1. The van der Waals surface area contributed by atoms with E-state index in [1.54, 1.807) is 0 Å². The standard InChI is InChI=1S/C13H27BS/c1-9(2)10(3)12(7,8)13(14,15)11(4,5)6/h9,15H,3,14H2,1-2,4-8H3. The first kappa shape index (κ1) is 15.2. The first-order valence-corrected chi connectivity index (χ1v) is 6.22. The average molecular weight is 226 g/mol. The lowest BCUT2D eigenvalue weighted by Crippen LogP contribution is -2.51. The molecule has 0 aliphatic carbocycles. The summed E-state index contributed by atoms with van der Waals surface area (Å²) < 4.78 is -0.0681. The summed E-state index contributed by atoms with van der Waals surface area (Å²) in [5.74, 6) is 0.508. The van der Waals surface area contributed by atoms with Crippen molar-refractivity contribution >= 4 is 20.5 Å². The molecular formula is C13H27BS. The molecule has 0 amide bonds. The third-order valence-electron chi connectivity index (χ3n) is 4.18. The van der Waals surface area contributed by atoms with Crippen LogP contribution in [0.15, 0.2) is 12.2 Å². The molecule has 1 atom stereocenters. The molecule has 0 saturated carbocycles. The van der Waals surface area contributed by atoms with E-state index in [9.17, 15) is 0 Å². The van der Waals surface area contributed by atoms with Gasteiger partial charge in [0.05, 0.1) is 0 Å². The number of rotatable bonds is 3. The van der Waals surface area contributed by atoms with Gasteiger partial charge in [-0.1, -0.05) is 60.6 Å². The minimum Gasteiger partial charge on any atom is -0.180 e. The van der Waals surface area contributed by atoms with Crippen LogP contribution in [-0.2, 0) is 0 Å². The second kappa shape index (κ2) is 4.20. The van der Waals surface area contributed by atoms with Gasteiger partial charge in [0.25, 0.3) is 0 Å². The summed E-state index contributed by atoms with van der Waals surface area (Å²) in [5, 5.41) is 0. The van der Waals surface area contributed by atoms with E-state index < -0.39 is 0 Å². The van der Waals surface area contributed by atoms with E-state index in [1.165, 1.54) is 5.57 Å². The lowest BCUT2D eigenvalue weighted by molar-refractivity contribution is 0.221. The van der Waals surface area contributed by atoms with Crippen LogP contribution < -0.4 is 0 Å². The van der Waals surface area contributed by atoms with E-state index in [1.807, 2.05) is 0 Å². The molecule has 15 heavy (non-hydrogen) atoms. The summed E-state index contributed by atoms with van der Waals surface area (Å²) in [7, 11) is 2.23. The maximum absolute atomic E-state index is 4.92. The van der Waals surface area contributed by atoms with Crippen LogP contribution in [0.25, 0.3) is 0 Å². The SMILES string of the molecule is BC(S)(C(C)(C)C)C(C)(C)C(=C)C(C)C. The highest BCUT2D eigenvalue weighted by Gasteiger charge is 2.47. The molecule has 0 N–H and O–H groups in total. The molecule has 0 rings (SSSR count). The topological polar surface area (TPSA) is 0 Å². The van der Waals surface area contributed by atoms with Crippen molar-refractivity contribution in [2.24, 2.45) is 16.7 Å². The van der Waals surface area contributed by atoms with Crippen LogP contribution >= 0.6 is 12.6 Å². The van der Waals surface area contributed by atoms with Gasteiger partial charge in [-0.05, 0) is 21.4 Å². The van der Waals surface area contributed by atoms with E-state index in [2.05, 4.69) is 62.9 Å². The van der Waals surface area contributed by atoms with E-state index in [0.29, 0.717) is 5.92 Å². The van der Waals surface area contributed by atoms with Crippen molar-refractivity contribution in [1.29, 1.82) is 0 Å². The smallest absolute Gasteiger partial charge is 0.123 e. The second-order valence-electron chi connectivity index (χ2n) is 6.63. The average Bonchev–Trinajstić information content (AvgIpc) is 2.00. The maximum atomic E-state index is 4.92. The normalized spacial score (nSPS) is 17.7. The Morgan fingerprint density at radius 3 is 1.67 bits per heavy atom. The van der Waals surface area contributed by atoms with Crippen LogP contribution in [0.2, 0.25) is 0 Å². The van der Waals surface area contributed by atoms with Crippen LogP contribution in [0.1, 0.15) is 48.5 Å². The van der Waals surface area contributed by atoms with Gasteiger partial charge in [-0.25, -0.2) is 0 Å². The Labute approximate surface area is 103 Å². The zero-order valence-electron chi connectivity index (χ0n) is 11.7. The van der Waals surface area contributed by atoms with Crippen LogP contribution in [0, 0.1) is 16.7 Å². The second-order valence-corrected chi connectivity index (χ2v) is 7.52. The summed E-state index contributed by atoms with van der Waals surface area (Å²) in [6.45, 7) is 19.9. The van der Waals surface area contributed by atoms with Gasteiger partial charge in [-0.15, -0.1) is 0 Å². The predicted octanol–water partition coefficient (Wildman–Crippen LogP) is 3.53. The van der Waals surface area contributed by atoms with Gasteiger partial charge in [0.1, 0.15) is 7.85 Å². The molecule has 2 heteroatoms. The zero-order valence-corrected chi connectivity index (χ0v) is 12.6. The van der Waals surface area contributed by atoms with Crippen LogP contribution in [0.5, 0.6) is 0 Å². The van der Waals surface area contributed by atoms with E-state index in [0.717, 1.165) is 0 Å². The van der Waals surface area contributed by atoms with Crippen LogP contribution in [0.3, 0.4) is 0 Å². The van der Waals surface area contributed by atoms with Crippen molar-refractivity contribution in [3.05, 3.63) is 12.2 Å². The van der Waals surface area contributed by atoms with Crippen LogP contribution in [-0.4, -0.2) is 12.5 Å². The van der Waals surface area contributed by atoms with Gasteiger partial charge < -0.3 is 0 Å². The molecule has 0 aliphatic heterocycles. The summed E-state index contributed by atoms with van der Waals surface area (Å²) in [5.41, 5.74) is 1.47. The predicted molar refractivity (Wildman–Crippen MR) is 77.5 cm³/mol. The first-order valence-electron chi connectivity index (χ1n) is 5.77. The Kier molecular flexibility index (Phi) is 4.24. The van der Waals surface area contributed by atoms with E-state index in [4.69, 9.17) is 12.6 Å². The summed E-state index contributed by atoms with van der Waals surface area (Å²) in [6, 6.07) is 0. The summed E-state index contributed by atoms with van der Waals surface area (Å²) >= 11 is 4.92. The molecule has 0 spiro atoms. The minimum absolute atomic E-state index is 0.0303. The maximum Gasteiger partial charge on any atom is 0.123 e. The molecule has 0 bridgehead atoms. The molecule has 0 aromatic heterocycles. The highest BCUT2D eigenvalue weighted by atomic mass is 32.1. The first-order chi connectivity index (χ1) is 6.35. The van der Waals surface area contributed by atoms with Crippen molar-refractivity contribution in [1.82, 2.24) is 0 Å². The number of hydrogen-bond donors (Lipinski definition) is 1. The molecule has 0 aliphatic rings. The molecule has 88 valence electrons. The molecule has 0 aromatic carbocycles. The Morgan fingerprint density at radius 1 is 1.13 bits per heavy atom. The van der Waals surface area contributed by atoms with Crippen molar-refractivity contribution in [3.8, 4) is 0 Å². The molecule has 0 fully saturated rings. The van der Waals surface area contributed by atoms with Gasteiger partial charge in [0.15, 0.2) is 0 Å². The number of hydrogen-bond acceptors (Lipinski definition) is 1. The lowest BCUT2D eigenvalue weighted by atomic mass is 9.52. The van der Waals surface area contributed by atoms with E-state index >= 15 is 0 Å². The van der Waals surface area contributed by atoms with E-state index in [-0.39, 0.29) is 15.5 Å². The molecule has 0 heterocycles. The molecular weight excluding hydrogens is 199 g/mol. The fourth-order valence-corrected chi connectivity index (χ4v) is 2.12. The van der Waals surface area contributed by atoms with Gasteiger partial charge in [-0.3, -0.25) is 0 Å². The van der Waals surface area contributed by atoms with Crippen molar-refractivity contribution in [2.45, 2.75) is 53.1 Å². The Bertz CT molecular complexity index is 244. The van der Waals surface area contributed by atoms with Gasteiger partial charge >= 0.3 is 0 Å². The Balaban J connectivity index is 5.29.